The second-order valence-corrected chi connectivity index (χ2v) is 6.71. The van der Waals surface area contributed by atoms with E-state index in [9.17, 15) is 10.1 Å². The van der Waals surface area contributed by atoms with E-state index in [1.165, 1.54) is 24.0 Å². The first-order chi connectivity index (χ1) is 12.6. The number of aryl methyl sites for hydroxylation is 1. The van der Waals surface area contributed by atoms with Crippen molar-refractivity contribution in [1.82, 2.24) is 9.97 Å². The number of nitro groups is 1. The number of nitro benzene ring substituents is 1. The van der Waals surface area contributed by atoms with Gasteiger partial charge in [-0.25, -0.2) is 9.97 Å². The molecule has 2 heterocycles. The van der Waals surface area contributed by atoms with Crippen molar-refractivity contribution < 1.29 is 4.92 Å². The summed E-state index contributed by atoms with van der Waals surface area (Å²) < 4.78 is 0. The van der Waals surface area contributed by atoms with Gasteiger partial charge in [-0.1, -0.05) is 35.9 Å². The zero-order valence-electron chi connectivity index (χ0n) is 13.8. The zero-order chi connectivity index (χ0) is 18.1. The lowest BCUT2D eigenvalue weighted by molar-refractivity contribution is -0.384. The minimum absolute atomic E-state index is 0.0318. The standard InChI is InChI=1S/C19H14N4O2S/c1-12-5-7-13(8-6-12)16-10-26-19-17(16)18(20-11-21-19)22-14-3-2-4-15(9-14)23(24)25/h2-11H,1H3,(H,20,21,22). The molecule has 1 N–H and O–H groups in total. The second kappa shape index (κ2) is 6.53. The number of hydrogen-bond donors (Lipinski definition) is 1. The van der Waals surface area contributed by atoms with Crippen LogP contribution in [0.5, 0.6) is 0 Å². The largest absolute Gasteiger partial charge is 0.339 e. The number of anilines is 2. The molecule has 0 unspecified atom stereocenters. The number of nitrogens with one attached hydrogen (secondary N) is 1. The molecule has 128 valence electrons. The van der Waals surface area contributed by atoms with Crippen LogP contribution in [0, 0.1) is 17.0 Å². The summed E-state index contributed by atoms with van der Waals surface area (Å²) in [6.45, 7) is 2.05. The van der Waals surface area contributed by atoms with Gasteiger partial charge in [-0.05, 0) is 18.6 Å². The number of aromatic nitrogens is 2. The fraction of sp³-hybridized carbons (Fsp3) is 0.0526. The van der Waals surface area contributed by atoms with Gasteiger partial charge >= 0.3 is 0 Å². The highest BCUT2D eigenvalue weighted by Crippen LogP contribution is 2.37. The molecule has 2 aromatic heterocycles. The Bertz CT molecular complexity index is 1110. The van der Waals surface area contributed by atoms with E-state index in [1.807, 2.05) is 6.92 Å². The molecular formula is C19H14N4O2S. The van der Waals surface area contributed by atoms with Crippen molar-refractivity contribution in [1.29, 1.82) is 0 Å². The van der Waals surface area contributed by atoms with Crippen molar-refractivity contribution in [3.63, 3.8) is 0 Å². The summed E-state index contributed by atoms with van der Waals surface area (Å²) >= 11 is 1.55. The third kappa shape index (κ3) is 3.00. The van der Waals surface area contributed by atoms with Gasteiger partial charge in [-0.15, -0.1) is 11.3 Å². The van der Waals surface area contributed by atoms with E-state index in [4.69, 9.17) is 0 Å². The van der Waals surface area contributed by atoms with Gasteiger partial charge in [0.2, 0.25) is 0 Å². The number of non-ortho nitro benzene ring substituents is 1. The van der Waals surface area contributed by atoms with Crippen molar-refractivity contribution in [2.45, 2.75) is 6.92 Å². The smallest absolute Gasteiger partial charge is 0.271 e. The predicted molar refractivity (Wildman–Crippen MR) is 104 cm³/mol. The molecule has 0 fully saturated rings. The van der Waals surface area contributed by atoms with Gasteiger partial charge < -0.3 is 5.32 Å². The number of thiophene rings is 1. The number of fused-ring (bicyclic) bond motifs is 1. The van der Waals surface area contributed by atoms with E-state index in [2.05, 4.69) is 44.9 Å². The zero-order valence-corrected chi connectivity index (χ0v) is 14.7. The third-order valence-electron chi connectivity index (χ3n) is 4.05. The monoisotopic (exact) mass is 362 g/mol. The number of benzene rings is 2. The summed E-state index contributed by atoms with van der Waals surface area (Å²) in [7, 11) is 0. The molecule has 0 aliphatic carbocycles. The molecule has 0 atom stereocenters. The maximum Gasteiger partial charge on any atom is 0.271 e. The molecule has 0 spiro atoms. The molecule has 4 rings (SSSR count). The Labute approximate surface area is 153 Å². The Hall–Kier alpha value is -3.32. The molecular weight excluding hydrogens is 348 g/mol. The average molecular weight is 362 g/mol. The van der Waals surface area contributed by atoms with Crippen LogP contribution in [0.2, 0.25) is 0 Å². The van der Waals surface area contributed by atoms with Gasteiger partial charge in [-0.2, -0.15) is 0 Å². The van der Waals surface area contributed by atoms with Crippen LogP contribution >= 0.6 is 11.3 Å². The fourth-order valence-electron chi connectivity index (χ4n) is 2.75. The van der Waals surface area contributed by atoms with Gasteiger partial charge in [0, 0.05) is 28.8 Å². The third-order valence-corrected chi connectivity index (χ3v) is 4.94. The minimum Gasteiger partial charge on any atom is -0.339 e. The minimum atomic E-state index is -0.414. The van der Waals surface area contributed by atoms with Crippen LogP contribution in [0.15, 0.2) is 60.2 Å². The van der Waals surface area contributed by atoms with Gasteiger partial charge in [0.1, 0.15) is 17.0 Å². The summed E-state index contributed by atoms with van der Waals surface area (Å²) in [5, 5.41) is 17.2. The van der Waals surface area contributed by atoms with Crippen LogP contribution in [0.25, 0.3) is 21.3 Å². The maximum absolute atomic E-state index is 11.0. The SMILES string of the molecule is Cc1ccc(-c2csc3ncnc(Nc4cccc([N+](=O)[O-])c4)c23)cc1. The Kier molecular flexibility index (Phi) is 4.06. The summed E-state index contributed by atoms with van der Waals surface area (Å²) in [5.41, 5.74) is 3.96. The second-order valence-electron chi connectivity index (χ2n) is 5.85. The van der Waals surface area contributed by atoms with E-state index in [-0.39, 0.29) is 5.69 Å². The van der Waals surface area contributed by atoms with Gasteiger partial charge in [0.15, 0.2) is 0 Å². The molecule has 4 aromatic rings. The molecule has 0 saturated heterocycles. The van der Waals surface area contributed by atoms with Crippen molar-refractivity contribution in [3.8, 4) is 11.1 Å². The van der Waals surface area contributed by atoms with Crippen molar-refractivity contribution >= 4 is 38.7 Å². The Morgan fingerprint density at radius 2 is 1.92 bits per heavy atom. The lowest BCUT2D eigenvalue weighted by atomic mass is 10.0. The molecule has 0 aliphatic heterocycles. The number of rotatable bonds is 4. The molecule has 0 amide bonds. The summed E-state index contributed by atoms with van der Waals surface area (Å²) in [6.07, 6.45) is 1.50. The number of hydrogen-bond acceptors (Lipinski definition) is 6. The summed E-state index contributed by atoms with van der Waals surface area (Å²) in [5.74, 6) is 0.632. The first-order valence-corrected chi connectivity index (χ1v) is 8.80. The Balaban J connectivity index is 1.80. The van der Waals surface area contributed by atoms with E-state index < -0.39 is 4.92 Å². The van der Waals surface area contributed by atoms with E-state index in [1.54, 1.807) is 23.5 Å². The summed E-state index contributed by atoms with van der Waals surface area (Å²) in [4.78, 5) is 20.2. The van der Waals surface area contributed by atoms with Crippen molar-refractivity contribution in [2.75, 3.05) is 5.32 Å². The van der Waals surface area contributed by atoms with Gasteiger partial charge in [0.25, 0.3) is 5.69 Å². The first-order valence-electron chi connectivity index (χ1n) is 7.92. The lowest BCUT2D eigenvalue weighted by Crippen LogP contribution is -1.96. The van der Waals surface area contributed by atoms with Crippen LogP contribution in [0.3, 0.4) is 0 Å². The van der Waals surface area contributed by atoms with Gasteiger partial charge in [-0.3, -0.25) is 10.1 Å². The molecule has 2 aromatic carbocycles. The molecule has 0 aliphatic rings. The Morgan fingerprint density at radius 1 is 1.12 bits per heavy atom. The molecule has 0 saturated carbocycles. The maximum atomic E-state index is 11.0. The normalized spacial score (nSPS) is 10.8. The van der Waals surface area contributed by atoms with E-state index in [0.717, 1.165) is 21.3 Å². The van der Waals surface area contributed by atoms with E-state index in [0.29, 0.717) is 11.5 Å². The fourth-order valence-corrected chi connectivity index (χ4v) is 3.67. The van der Waals surface area contributed by atoms with Crippen LogP contribution in [-0.4, -0.2) is 14.9 Å². The topological polar surface area (TPSA) is 81.0 Å². The summed E-state index contributed by atoms with van der Waals surface area (Å²) in [6, 6.07) is 14.6. The molecule has 0 bridgehead atoms. The van der Waals surface area contributed by atoms with Crippen LogP contribution in [0.4, 0.5) is 17.2 Å². The highest BCUT2D eigenvalue weighted by atomic mass is 32.1. The lowest BCUT2D eigenvalue weighted by Gasteiger charge is -2.08. The predicted octanol–water partition coefficient (Wildman–Crippen LogP) is 5.32. The first kappa shape index (κ1) is 16.2. The highest BCUT2D eigenvalue weighted by Gasteiger charge is 2.14. The molecule has 6 nitrogen and oxygen atoms in total. The van der Waals surface area contributed by atoms with Crippen LogP contribution in [0.1, 0.15) is 5.56 Å². The van der Waals surface area contributed by atoms with Crippen LogP contribution < -0.4 is 5.32 Å². The molecule has 0 radical (unpaired) electrons. The van der Waals surface area contributed by atoms with E-state index >= 15 is 0 Å². The van der Waals surface area contributed by atoms with Crippen LogP contribution in [-0.2, 0) is 0 Å². The Morgan fingerprint density at radius 3 is 2.69 bits per heavy atom. The van der Waals surface area contributed by atoms with Gasteiger partial charge in [0.05, 0.1) is 10.3 Å². The number of nitrogens with zero attached hydrogens (tertiary/aromatic N) is 3. The molecule has 26 heavy (non-hydrogen) atoms. The quantitative estimate of drug-likeness (QED) is 0.392. The average Bonchev–Trinajstić information content (AvgIpc) is 3.08. The van der Waals surface area contributed by atoms with Crippen molar-refractivity contribution in [2.24, 2.45) is 0 Å². The van der Waals surface area contributed by atoms with Crippen molar-refractivity contribution in [3.05, 3.63) is 75.9 Å². The highest BCUT2D eigenvalue weighted by molar-refractivity contribution is 7.17. The molecule has 7 heteroatoms.